The monoisotopic (exact) mass is 466 g/mol. The van der Waals surface area contributed by atoms with Crippen LogP contribution in [0.5, 0.6) is 11.5 Å². The molecular weight excluding hydrogens is 440 g/mol. The molecule has 1 aliphatic rings. The third kappa shape index (κ3) is 5.53. The van der Waals surface area contributed by atoms with Crippen molar-refractivity contribution in [2.24, 2.45) is 0 Å². The zero-order valence-electron chi connectivity index (χ0n) is 18.2. The summed E-state index contributed by atoms with van der Waals surface area (Å²) in [6.07, 6.45) is 0. The molecule has 33 heavy (non-hydrogen) atoms. The number of hydrogen-bond acceptors (Lipinski definition) is 5. The number of benzene rings is 3. The Balaban J connectivity index is 1.34. The zero-order chi connectivity index (χ0) is 23.1. The van der Waals surface area contributed by atoms with Crippen molar-refractivity contribution in [2.75, 3.05) is 39.4 Å². The molecule has 0 N–H and O–H groups in total. The molecule has 0 bridgehead atoms. The van der Waals surface area contributed by atoms with E-state index >= 15 is 0 Å². The number of carbonyl (C=O) groups excluding carboxylic acids is 1. The van der Waals surface area contributed by atoms with Crippen molar-refractivity contribution >= 4 is 15.9 Å². The first-order valence-electron chi connectivity index (χ1n) is 10.8. The summed E-state index contributed by atoms with van der Waals surface area (Å²) < 4.78 is 38.5. The molecular formula is C25H26N2O5S. The fraction of sp³-hybridized carbons (Fsp3) is 0.240. The van der Waals surface area contributed by atoms with Crippen molar-refractivity contribution < 1.29 is 22.7 Å². The summed E-state index contributed by atoms with van der Waals surface area (Å²) >= 11 is 0. The van der Waals surface area contributed by atoms with Crippen LogP contribution in [0.25, 0.3) is 0 Å². The van der Waals surface area contributed by atoms with E-state index in [0.29, 0.717) is 37.6 Å². The molecule has 3 aromatic carbocycles. The van der Waals surface area contributed by atoms with Gasteiger partial charge in [0.2, 0.25) is 10.0 Å². The van der Waals surface area contributed by atoms with Crippen molar-refractivity contribution in [3.8, 4) is 11.5 Å². The van der Waals surface area contributed by atoms with Crippen LogP contribution < -0.4 is 9.47 Å². The molecule has 1 fully saturated rings. The molecule has 0 radical (unpaired) electrons. The number of rotatable bonds is 8. The van der Waals surface area contributed by atoms with E-state index in [2.05, 4.69) is 0 Å². The van der Waals surface area contributed by atoms with Crippen LogP contribution in [0.15, 0.2) is 89.8 Å². The summed E-state index contributed by atoms with van der Waals surface area (Å²) in [6.45, 7) is 1.77. The third-order valence-electron chi connectivity index (χ3n) is 5.38. The Morgan fingerprint density at radius 1 is 0.727 bits per heavy atom. The number of hydrogen-bond donors (Lipinski definition) is 0. The number of sulfonamides is 1. The van der Waals surface area contributed by atoms with Crippen molar-refractivity contribution in [2.45, 2.75) is 4.90 Å². The first kappa shape index (κ1) is 22.8. The Bertz CT molecular complexity index is 1160. The van der Waals surface area contributed by atoms with Crippen LogP contribution in [0, 0.1) is 0 Å². The van der Waals surface area contributed by atoms with E-state index in [0.717, 1.165) is 5.75 Å². The van der Waals surface area contributed by atoms with E-state index in [1.54, 1.807) is 53.4 Å². The number of ether oxygens (including phenoxy) is 2. The van der Waals surface area contributed by atoms with Gasteiger partial charge in [-0.25, -0.2) is 8.42 Å². The van der Waals surface area contributed by atoms with Crippen LogP contribution in [-0.2, 0) is 10.0 Å². The molecule has 1 saturated heterocycles. The van der Waals surface area contributed by atoms with Gasteiger partial charge in [-0.05, 0) is 36.4 Å². The Kier molecular flexibility index (Phi) is 7.26. The Labute approximate surface area is 194 Å². The normalized spacial score (nSPS) is 14.6. The number of amides is 1. The second-order valence-electron chi connectivity index (χ2n) is 7.52. The molecule has 172 valence electrons. The van der Waals surface area contributed by atoms with Crippen molar-refractivity contribution in [3.63, 3.8) is 0 Å². The Morgan fingerprint density at radius 2 is 1.30 bits per heavy atom. The molecule has 0 saturated carbocycles. The molecule has 0 unspecified atom stereocenters. The van der Waals surface area contributed by atoms with Gasteiger partial charge >= 0.3 is 0 Å². The van der Waals surface area contributed by atoms with Crippen molar-refractivity contribution in [1.82, 2.24) is 9.21 Å². The molecule has 3 aromatic rings. The van der Waals surface area contributed by atoms with Gasteiger partial charge in [0.1, 0.15) is 24.7 Å². The average Bonchev–Trinajstić information content (AvgIpc) is 2.88. The molecule has 1 aliphatic heterocycles. The minimum absolute atomic E-state index is 0.175. The van der Waals surface area contributed by atoms with Gasteiger partial charge in [0.15, 0.2) is 0 Å². The maximum absolute atomic E-state index is 13.1. The van der Waals surface area contributed by atoms with Crippen LogP contribution in [0.3, 0.4) is 0 Å². The lowest BCUT2D eigenvalue weighted by Gasteiger charge is -2.34. The van der Waals surface area contributed by atoms with E-state index < -0.39 is 10.0 Å². The molecule has 1 heterocycles. The van der Waals surface area contributed by atoms with E-state index in [1.165, 1.54) is 4.31 Å². The largest absolute Gasteiger partial charge is 0.490 e. The van der Waals surface area contributed by atoms with Crippen LogP contribution in [0.2, 0.25) is 0 Å². The first-order valence-corrected chi connectivity index (χ1v) is 12.2. The van der Waals surface area contributed by atoms with E-state index in [4.69, 9.17) is 9.47 Å². The smallest absolute Gasteiger partial charge is 0.257 e. The lowest BCUT2D eigenvalue weighted by Crippen LogP contribution is -2.50. The fourth-order valence-electron chi connectivity index (χ4n) is 3.64. The van der Waals surface area contributed by atoms with Gasteiger partial charge in [-0.15, -0.1) is 0 Å². The molecule has 4 rings (SSSR count). The van der Waals surface area contributed by atoms with E-state index in [9.17, 15) is 13.2 Å². The van der Waals surface area contributed by atoms with Crippen LogP contribution in [-0.4, -0.2) is 62.9 Å². The van der Waals surface area contributed by atoms with Crippen LogP contribution in [0.1, 0.15) is 10.4 Å². The second kappa shape index (κ2) is 10.5. The second-order valence-corrected chi connectivity index (χ2v) is 9.45. The lowest BCUT2D eigenvalue weighted by atomic mass is 10.1. The Hall–Kier alpha value is -3.36. The van der Waals surface area contributed by atoms with Gasteiger partial charge in [0, 0.05) is 26.2 Å². The van der Waals surface area contributed by atoms with Gasteiger partial charge < -0.3 is 14.4 Å². The highest BCUT2D eigenvalue weighted by Crippen LogP contribution is 2.22. The molecule has 0 atom stereocenters. The van der Waals surface area contributed by atoms with Crippen molar-refractivity contribution in [3.05, 3.63) is 90.5 Å². The first-order chi connectivity index (χ1) is 16.1. The predicted octanol–water partition coefficient (Wildman–Crippen LogP) is 3.29. The number of piperazine rings is 1. The summed E-state index contributed by atoms with van der Waals surface area (Å²) in [7, 11) is -3.57. The summed E-state index contributed by atoms with van der Waals surface area (Å²) in [6, 6.07) is 24.9. The summed E-state index contributed by atoms with van der Waals surface area (Å²) in [5.74, 6) is 1.07. The van der Waals surface area contributed by atoms with Crippen molar-refractivity contribution in [1.29, 1.82) is 0 Å². The lowest BCUT2D eigenvalue weighted by molar-refractivity contribution is 0.0692. The van der Waals surface area contributed by atoms with E-state index in [-0.39, 0.29) is 23.9 Å². The highest BCUT2D eigenvalue weighted by molar-refractivity contribution is 7.89. The van der Waals surface area contributed by atoms with Gasteiger partial charge in [-0.1, -0.05) is 48.5 Å². The van der Waals surface area contributed by atoms with Gasteiger partial charge in [-0.2, -0.15) is 4.31 Å². The minimum atomic E-state index is -3.57. The zero-order valence-corrected chi connectivity index (χ0v) is 19.0. The average molecular weight is 467 g/mol. The number of carbonyl (C=O) groups is 1. The summed E-state index contributed by atoms with van der Waals surface area (Å²) in [5.41, 5.74) is 0.455. The molecule has 0 aromatic heterocycles. The maximum Gasteiger partial charge on any atom is 0.257 e. The Morgan fingerprint density at radius 3 is 2.00 bits per heavy atom. The van der Waals surface area contributed by atoms with E-state index in [1.807, 2.05) is 36.4 Å². The number of nitrogens with zero attached hydrogens (tertiary/aromatic N) is 2. The molecule has 1 amide bonds. The van der Waals surface area contributed by atoms with Gasteiger partial charge in [0.25, 0.3) is 5.91 Å². The van der Waals surface area contributed by atoms with Gasteiger partial charge in [-0.3, -0.25) is 4.79 Å². The topological polar surface area (TPSA) is 76.2 Å². The molecule has 8 heteroatoms. The van der Waals surface area contributed by atoms with Crippen LogP contribution in [0.4, 0.5) is 0 Å². The SMILES string of the molecule is O=C(c1ccccc1OCCOc1ccccc1)N1CCN(S(=O)(=O)c2ccccc2)CC1. The highest BCUT2D eigenvalue weighted by atomic mass is 32.2. The van der Waals surface area contributed by atoms with Gasteiger partial charge in [0.05, 0.1) is 10.5 Å². The van der Waals surface area contributed by atoms with Crippen LogP contribution >= 0.6 is 0 Å². The quantitative estimate of drug-likeness (QED) is 0.476. The summed E-state index contributed by atoms with van der Waals surface area (Å²) in [4.78, 5) is 15.1. The third-order valence-corrected chi connectivity index (χ3v) is 7.29. The fourth-order valence-corrected chi connectivity index (χ4v) is 5.08. The predicted molar refractivity (Wildman–Crippen MR) is 125 cm³/mol. The molecule has 7 nitrogen and oxygen atoms in total. The molecule has 0 spiro atoms. The minimum Gasteiger partial charge on any atom is -0.490 e. The highest BCUT2D eigenvalue weighted by Gasteiger charge is 2.31. The maximum atomic E-state index is 13.1. The summed E-state index contributed by atoms with van der Waals surface area (Å²) in [5, 5.41) is 0. The number of para-hydroxylation sites is 2. The standard InChI is InChI=1S/C25H26N2O5S/c28-25(26-15-17-27(18-16-26)33(29,30)22-11-5-2-6-12-22)23-13-7-8-14-24(23)32-20-19-31-21-9-3-1-4-10-21/h1-14H,15-20H2. The molecule has 0 aliphatic carbocycles.